The Hall–Kier alpha value is -0.450. The number of thiazole rings is 1. The predicted molar refractivity (Wildman–Crippen MR) is 50.2 cm³/mol. The van der Waals surface area contributed by atoms with Gasteiger partial charge in [0.15, 0.2) is 0 Å². The van der Waals surface area contributed by atoms with E-state index in [2.05, 4.69) is 16.9 Å². The summed E-state index contributed by atoms with van der Waals surface area (Å²) >= 11 is 1.74. The van der Waals surface area contributed by atoms with Crippen molar-refractivity contribution in [2.45, 2.75) is 12.5 Å². The molecule has 0 saturated heterocycles. The summed E-state index contributed by atoms with van der Waals surface area (Å²) in [6.07, 6.45) is 0. The van der Waals surface area contributed by atoms with E-state index < -0.39 is 0 Å². The predicted octanol–water partition coefficient (Wildman–Crippen LogP) is 0.631. The van der Waals surface area contributed by atoms with Gasteiger partial charge in [0, 0.05) is 30.4 Å². The van der Waals surface area contributed by atoms with E-state index in [1.807, 2.05) is 5.51 Å². The number of hydrogen-bond acceptors (Lipinski definition) is 4. The molecule has 0 fully saturated rings. The molecule has 0 spiro atoms. The molecule has 0 radical (unpaired) electrons. The van der Waals surface area contributed by atoms with Gasteiger partial charge in [0.1, 0.15) is 0 Å². The van der Waals surface area contributed by atoms with Crippen LogP contribution in [0.15, 0.2) is 5.51 Å². The van der Waals surface area contributed by atoms with Gasteiger partial charge in [0.25, 0.3) is 0 Å². The minimum atomic E-state index is 0.449. The minimum Gasteiger partial charge on any atom is -0.330 e. The van der Waals surface area contributed by atoms with Crippen molar-refractivity contribution in [2.75, 3.05) is 20.1 Å². The van der Waals surface area contributed by atoms with Crippen molar-refractivity contribution >= 4 is 11.3 Å². The first-order valence-corrected chi connectivity index (χ1v) is 5.00. The topological polar surface area (TPSA) is 42.2 Å². The van der Waals surface area contributed by atoms with Crippen LogP contribution in [-0.4, -0.2) is 30.0 Å². The second kappa shape index (κ2) is 3.12. The minimum absolute atomic E-state index is 0.449. The third-order valence-corrected chi connectivity index (χ3v) is 3.12. The number of nitrogens with zero attached hydrogens (tertiary/aromatic N) is 2. The Balaban J connectivity index is 2.31. The molecule has 1 atom stereocenters. The van der Waals surface area contributed by atoms with Crippen LogP contribution in [-0.2, 0) is 6.54 Å². The van der Waals surface area contributed by atoms with Crippen molar-refractivity contribution in [3.63, 3.8) is 0 Å². The van der Waals surface area contributed by atoms with Gasteiger partial charge in [0.2, 0.25) is 0 Å². The summed E-state index contributed by atoms with van der Waals surface area (Å²) in [6, 6.07) is 0. The first kappa shape index (κ1) is 8.16. The highest BCUT2D eigenvalue weighted by atomic mass is 32.1. The van der Waals surface area contributed by atoms with E-state index in [0.717, 1.165) is 13.1 Å². The van der Waals surface area contributed by atoms with Crippen molar-refractivity contribution in [1.29, 1.82) is 0 Å². The van der Waals surface area contributed by atoms with Crippen LogP contribution in [0.3, 0.4) is 0 Å². The number of rotatable bonds is 1. The largest absolute Gasteiger partial charge is 0.330 e. The third kappa shape index (κ3) is 1.26. The summed E-state index contributed by atoms with van der Waals surface area (Å²) in [5.74, 6) is 0.449. The Morgan fingerprint density at radius 1 is 1.83 bits per heavy atom. The third-order valence-electron chi connectivity index (χ3n) is 2.29. The Morgan fingerprint density at radius 2 is 2.67 bits per heavy atom. The van der Waals surface area contributed by atoms with E-state index in [4.69, 9.17) is 5.73 Å². The maximum atomic E-state index is 5.68. The maximum Gasteiger partial charge on any atom is 0.0798 e. The fourth-order valence-corrected chi connectivity index (χ4v) is 2.62. The summed E-state index contributed by atoms with van der Waals surface area (Å²) in [5, 5.41) is 0. The molecule has 3 nitrogen and oxygen atoms in total. The molecule has 0 amide bonds. The lowest BCUT2D eigenvalue weighted by atomic mass is 10.0. The van der Waals surface area contributed by atoms with Gasteiger partial charge in [-0.15, -0.1) is 11.3 Å². The van der Waals surface area contributed by atoms with E-state index in [1.165, 1.54) is 10.6 Å². The summed E-state index contributed by atoms with van der Waals surface area (Å²) in [6.45, 7) is 2.80. The van der Waals surface area contributed by atoms with E-state index in [-0.39, 0.29) is 0 Å². The van der Waals surface area contributed by atoms with Crippen LogP contribution in [0.5, 0.6) is 0 Å². The molecule has 0 saturated carbocycles. The highest BCUT2D eigenvalue weighted by Gasteiger charge is 2.24. The van der Waals surface area contributed by atoms with E-state index in [1.54, 1.807) is 11.3 Å². The average molecular weight is 183 g/mol. The van der Waals surface area contributed by atoms with E-state index in [0.29, 0.717) is 12.5 Å². The highest BCUT2D eigenvalue weighted by molar-refractivity contribution is 7.09. The highest BCUT2D eigenvalue weighted by Crippen LogP contribution is 2.28. The molecule has 1 aromatic heterocycles. The Kier molecular flexibility index (Phi) is 2.12. The van der Waals surface area contributed by atoms with Crippen LogP contribution in [0, 0.1) is 0 Å². The molecule has 4 heteroatoms. The van der Waals surface area contributed by atoms with Gasteiger partial charge in [-0.05, 0) is 7.05 Å². The molecule has 1 aliphatic heterocycles. The van der Waals surface area contributed by atoms with Gasteiger partial charge in [0.05, 0.1) is 11.2 Å². The second-order valence-electron chi connectivity index (χ2n) is 3.29. The molecule has 1 aromatic rings. The zero-order valence-electron chi connectivity index (χ0n) is 7.16. The first-order valence-electron chi connectivity index (χ1n) is 4.12. The molecule has 1 unspecified atom stereocenters. The number of likely N-dealkylation sites (N-methyl/N-ethyl adjacent to an activating group) is 1. The lowest BCUT2D eigenvalue weighted by Crippen LogP contribution is -2.33. The van der Waals surface area contributed by atoms with Crippen molar-refractivity contribution in [2.24, 2.45) is 5.73 Å². The van der Waals surface area contributed by atoms with Crippen molar-refractivity contribution < 1.29 is 0 Å². The molecule has 0 aromatic carbocycles. The quantitative estimate of drug-likeness (QED) is 0.694. The SMILES string of the molecule is CN1Cc2scnc2C(CN)C1. The van der Waals surface area contributed by atoms with Crippen molar-refractivity contribution in [1.82, 2.24) is 9.88 Å². The molecular weight excluding hydrogens is 170 g/mol. The fraction of sp³-hybridized carbons (Fsp3) is 0.625. The smallest absolute Gasteiger partial charge is 0.0798 e. The molecule has 66 valence electrons. The van der Waals surface area contributed by atoms with E-state index in [9.17, 15) is 0 Å². The molecule has 0 aliphatic carbocycles. The Labute approximate surface area is 76.2 Å². The summed E-state index contributed by atoms with van der Waals surface area (Å²) in [7, 11) is 2.13. The summed E-state index contributed by atoms with van der Waals surface area (Å²) in [5.41, 5.74) is 8.84. The maximum absolute atomic E-state index is 5.68. The second-order valence-corrected chi connectivity index (χ2v) is 4.23. The van der Waals surface area contributed by atoms with Gasteiger partial charge in [-0.3, -0.25) is 0 Å². The van der Waals surface area contributed by atoms with Gasteiger partial charge >= 0.3 is 0 Å². The van der Waals surface area contributed by atoms with Crippen LogP contribution in [0.4, 0.5) is 0 Å². The van der Waals surface area contributed by atoms with Crippen molar-refractivity contribution in [3.05, 3.63) is 16.1 Å². The molecule has 12 heavy (non-hydrogen) atoms. The van der Waals surface area contributed by atoms with Gasteiger partial charge in [-0.25, -0.2) is 4.98 Å². The van der Waals surface area contributed by atoms with Crippen LogP contribution < -0.4 is 5.73 Å². The first-order chi connectivity index (χ1) is 5.81. The lowest BCUT2D eigenvalue weighted by molar-refractivity contribution is 0.284. The van der Waals surface area contributed by atoms with Crippen LogP contribution >= 0.6 is 11.3 Å². The summed E-state index contributed by atoms with van der Waals surface area (Å²) in [4.78, 5) is 8.05. The van der Waals surface area contributed by atoms with E-state index >= 15 is 0 Å². The number of hydrogen-bond donors (Lipinski definition) is 1. The molecule has 0 bridgehead atoms. The van der Waals surface area contributed by atoms with Crippen LogP contribution in [0.1, 0.15) is 16.5 Å². The molecular formula is C8H13N3S. The Morgan fingerprint density at radius 3 is 3.42 bits per heavy atom. The van der Waals surface area contributed by atoms with Crippen molar-refractivity contribution in [3.8, 4) is 0 Å². The van der Waals surface area contributed by atoms with Crippen LogP contribution in [0.25, 0.3) is 0 Å². The fourth-order valence-electron chi connectivity index (χ4n) is 1.69. The zero-order chi connectivity index (χ0) is 8.55. The number of nitrogens with two attached hydrogens (primary N) is 1. The lowest BCUT2D eigenvalue weighted by Gasteiger charge is -2.27. The number of fused-ring (bicyclic) bond motifs is 1. The Bertz CT molecular complexity index is 271. The van der Waals surface area contributed by atoms with Gasteiger partial charge in [-0.2, -0.15) is 0 Å². The van der Waals surface area contributed by atoms with Gasteiger partial charge < -0.3 is 10.6 Å². The number of aromatic nitrogens is 1. The molecule has 2 N–H and O–H groups in total. The molecule has 2 rings (SSSR count). The normalized spacial score (nSPS) is 24.0. The van der Waals surface area contributed by atoms with Gasteiger partial charge in [-0.1, -0.05) is 0 Å². The monoisotopic (exact) mass is 183 g/mol. The summed E-state index contributed by atoms with van der Waals surface area (Å²) < 4.78 is 0. The average Bonchev–Trinajstić information content (AvgIpc) is 2.50. The standard InChI is InChI=1S/C8H13N3S/c1-11-3-6(2-9)8-7(4-11)12-5-10-8/h5-6H,2-4,9H2,1H3. The molecule has 2 heterocycles. The molecule has 1 aliphatic rings. The zero-order valence-corrected chi connectivity index (χ0v) is 7.97. The van der Waals surface area contributed by atoms with Crippen LogP contribution in [0.2, 0.25) is 0 Å².